The van der Waals surface area contributed by atoms with E-state index in [4.69, 9.17) is 15.2 Å². The maximum Gasteiger partial charge on any atom is 0.175 e. The van der Waals surface area contributed by atoms with Crippen molar-refractivity contribution in [3.63, 3.8) is 0 Å². The minimum atomic E-state index is 0.434. The molecule has 17 heavy (non-hydrogen) atoms. The third-order valence-corrected chi connectivity index (χ3v) is 2.98. The Morgan fingerprint density at radius 3 is 2.47 bits per heavy atom. The molecule has 0 unspecified atom stereocenters. The van der Waals surface area contributed by atoms with Gasteiger partial charge in [0.25, 0.3) is 0 Å². The molecule has 90 valence electrons. The van der Waals surface area contributed by atoms with Crippen LogP contribution in [0.2, 0.25) is 0 Å². The number of hydrogen-bond donors (Lipinski definition) is 2. The van der Waals surface area contributed by atoms with Crippen molar-refractivity contribution in [1.29, 1.82) is 0 Å². The number of halogens is 1. The molecule has 2 aromatic rings. The Morgan fingerprint density at radius 1 is 1.24 bits per heavy atom. The van der Waals surface area contributed by atoms with Crippen molar-refractivity contribution in [1.82, 2.24) is 10.2 Å². The van der Waals surface area contributed by atoms with Gasteiger partial charge in [-0.05, 0) is 28.1 Å². The van der Waals surface area contributed by atoms with Crippen LogP contribution in [0.3, 0.4) is 0 Å². The first-order chi connectivity index (χ1) is 8.17. The third-order valence-electron chi connectivity index (χ3n) is 2.36. The van der Waals surface area contributed by atoms with E-state index in [0.717, 1.165) is 15.7 Å². The third kappa shape index (κ3) is 2.08. The molecule has 0 saturated carbocycles. The number of benzene rings is 1. The van der Waals surface area contributed by atoms with Gasteiger partial charge in [0.15, 0.2) is 11.5 Å². The molecule has 0 bridgehead atoms. The number of aromatic amines is 1. The molecule has 0 aliphatic rings. The van der Waals surface area contributed by atoms with Gasteiger partial charge in [-0.1, -0.05) is 0 Å². The molecule has 0 spiro atoms. The number of ether oxygens (including phenoxy) is 2. The minimum Gasteiger partial charge on any atom is -0.492 e. The van der Waals surface area contributed by atoms with Gasteiger partial charge in [-0.25, -0.2) is 0 Å². The summed E-state index contributed by atoms with van der Waals surface area (Å²) in [5.74, 6) is 1.70. The molecule has 6 heteroatoms. The number of rotatable bonds is 3. The molecule has 0 aliphatic heterocycles. The summed E-state index contributed by atoms with van der Waals surface area (Å²) in [6.07, 6.45) is 0. The Kier molecular flexibility index (Phi) is 3.23. The summed E-state index contributed by atoms with van der Waals surface area (Å²) in [4.78, 5) is 0. The molecule has 1 aromatic heterocycles. The lowest BCUT2D eigenvalue weighted by atomic mass is 10.1. The number of anilines is 1. The standard InChI is InChI=1S/C11H12BrN3O2/c1-16-10-6(8-5-9(13)15-14-8)3-4-7(12)11(10)17-2/h3-5H,1-2H3,(H3,13,14,15). The van der Waals surface area contributed by atoms with Crippen molar-refractivity contribution in [3.8, 4) is 22.8 Å². The number of nitrogens with two attached hydrogens (primary N) is 1. The zero-order chi connectivity index (χ0) is 12.4. The monoisotopic (exact) mass is 297 g/mol. The topological polar surface area (TPSA) is 73.2 Å². The second-order valence-corrected chi connectivity index (χ2v) is 4.22. The number of hydrogen-bond acceptors (Lipinski definition) is 4. The van der Waals surface area contributed by atoms with Crippen LogP contribution in [0.1, 0.15) is 0 Å². The highest BCUT2D eigenvalue weighted by molar-refractivity contribution is 9.10. The van der Waals surface area contributed by atoms with Crippen molar-refractivity contribution < 1.29 is 9.47 Å². The van der Waals surface area contributed by atoms with Crippen molar-refractivity contribution in [3.05, 3.63) is 22.7 Å². The molecule has 1 aromatic carbocycles. The number of nitrogens with one attached hydrogen (secondary N) is 1. The fourth-order valence-electron chi connectivity index (χ4n) is 1.62. The van der Waals surface area contributed by atoms with Gasteiger partial charge in [0.05, 0.1) is 24.4 Å². The molecular weight excluding hydrogens is 286 g/mol. The van der Waals surface area contributed by atoms with Gasteiger partial charge >= 0.3 is 0 Å². The SMILES string of the molecule is COc1c(Br)ccc(-c2cc(N)n[nH]2)c1OC. The lowest BCUT2D eigenvalue weighted by Gasteiger charge is -2.12. The molecule has 0 atom stereocenters. The molecule has 0 fully saturated rings. The largest absolute Gasteiger partial charge is 0.492 e. The van der Waals surface area contributed by atoms with Crippen LogP contribution in [-0.4, -0.2) is 24.4 Å². The Morgan fingerprint density at radius 2 is 1.94 bits per heavy atom. The van der Waals surface area contributed by atoms with Crippen LogP contribution in [0.5, 0.6) is 11.5 Å². The second-order valence-electron chi connectivity index (χ2n) is 3.37. The van der Waals surface area contributed by atoms with Gasteiger partial charge in [0.2, 0.25) is 0 Å². The number of nitrogens with zero attached hydrogens (tertiary/aromatic N) is 1. The van der Waals surface area contributed by atoms with Crippen molar-refractivity contribution in [2.75, 3.05) is 20.0 Å². The summed E-state index contributed by atoms with van der Waals surface area (Å²) in [7, 11) is 3.18. The summed E-state index contributed by atoms with van der Waals surface area (Å²) >= 11 is 3.40. The molecule has 1 heterocycles. The van der Waals surface area contributed by atoms with Crippen LogP contribution in [0.15, 0.2) is 22.7 Å². The maximum atomic E-state index is 5.58. The van der Waals surface area contributed by atoms with E-state index >= 15 is 0 Å². The number of aromatic nitrogens is 2. The predicted octanol–water partition coefficient (Wildman–Crippen LogP) is 2.44. The first kappa shape index (κ1) is 11.8. The highest BCUT2D eigenvalue weighted by Crippen LogP contribution is 2.42. The number of methoxy groups -OCH3 is 2. The van der Waals surface area contributed by atoms with E-state index in [2.05, 4.69) is 26.1 Å². The van der Waals surface area contributed by atoms with Gasteiger partial charge < -0.3 is 15.2 Å². The zero-order valence-corrected chi connectivity index (χ0v) is 11.0. The summed E-state index contributed by atoms with van der Waals surface area (Å²) in [5.41, 5.74) is 7.21. The first-order valence-corrected chi connectivity index (χ1v) is 5.68. The maximum absolute atomic E-state index is 5.58. The van der Waals surface area contributed by atoms with Crippen LogP contribution < -0.4 is 15.2 Å². The summed E-state index contributed by atoms with van der Waals surface area (Å²) in [6, 6.07) is 5.53. The van der Waals surface area contributed by atoms with Crippen LogP contribution in [-0.2, 0) is 0 Å². The molecule has 0 aliphatic carbocycles. The summed E-state index contributed by atoms with van der Waals surface area (Å²) in [5, 5.41) is 6.73. The van der Waals surface area contributed by atoms with E-state index in [1.54, 1.807) is 20.3 Å². The molecule has 0 saturated heterocycles. The van der Waals surface area contributed by atoms with E-state index < -0.39 is 0 Å². The highest BCUT2D eigenvalue weighted by atomic mass is 79.9. The number of H-pyrrole nitrogens is 1. The summed E-state index contributed by atoms with van der Waals surface area (Å²) < 4.78 is 11.5. The smallest absolute Gasteiger partial charge is 0.175 e. The lowest BCUT2D eigenvalue weighted by molar-refractivity contribution is 0.354. The van der Waals surface area contributed by atoms with Gasteiger partial charge in [-0.3, -0.25) is 5.10 Å². The molecule has 5 nitrogen and oxygen atoms in total. The van der Waals surface area contributed by atoms with Crippen molar-refractivity contribution in [2.45, 2.75) is 0 Å². The van der Waals surface area contributed by atoms with Crippen molar-refractivity contribution >= 4 is 21.7 Å². The Labute approximate surface area is 107 Å². The second kappa shape index (κ2) is 4.67. The van der Waals surface area contributed by atoms with Crippen LogP contribution in [0, 0.1) is 0 Å². The average molecular weight is 298 g/mol. The molecule has 0 radical (unpaired) electrons. The average Bonchev–Trinajstić information content (AvgIpc) is 2.75. The molecule has 0 amide bonds. The van der Waals surface area contributed by atoms with Crippen LogP contribution in [0.4, 0.5) is 5.82 Å². The van der Waals surface area contributed by atoms with Crippen LogP contribution >= 0.6 is 15.9 Å². The Balaban J connectivity index is 2.62. The van der Waals surface area contributed by atoms with Gasteiger partial charge in [0.1, 0.15) is 5.82 Å². The predicted molar refractivity (Wildman–Crippen MR) is 69.2 cm³/mol. The van der Waals surface area contributed by atoms with Gasteiger partial charge in [0, 0.05) is 11.6 Å². The number of nitrogen functional groups attached to an aromatic ring is 1. The molecule has 3 N–H and O–H groups in total. The van der Waals surface area contributed by atoms with Crippen molar-refractivity contribution in [2.24, 2.45) is 0 Å². The fraction of sp³-hybridized carbons (Fsp3) is 0.182. The normalized spacial score (nSPS) is 10.3. The quantitative estimate of drug-likeness (QED) is 0.913. The zero-order valence-electron chi connectivity index (χ0n) is 9.45. The van der Waals surface area contributed by atoms with Gasteiger partial charge in [-0.15, -0.1) is 0 Å². The lowest BCUT2D eigenvalue weighted by Crippen LogP contribution is -1.94. The van der Waals surface area contributed by atoms with E-state index in [-0.39, 0.29) is 0 Å². The van der Waals surface area contributed by atoms with E-state index in [9.17, 15) is 0 Å². The Hall–Kier alpha value is -1.69. The highest BCUT2D eigenvalue weighted by Gasteiger charge is 2.16. The van der Waals surface area contributed by atoms with Crippen LogP contribution in [0.25, 0.3) is 11.3 Å². The molecular formula is C11H12BrN3O2. The first-order valence-electron chi connectivity index (χ1n) is 4.89. The van der Waals surface area contributed by atoms with Gasteiger partial charge in [-0.2, -0.15) is 5.10 Å². The Bertz CT molecular complexity index is 540. The van der Waals surface area contributed by atoms with E-state index in [0.29, 0.717) is 17.3 Å². The van der Waals surface area contributed by atoms with E-state index in [1.165, 1.54) is 0 Å². The fourth-order valence-corrected chi connectivity index (χ4v) is 2.09. The van der Waals surface area contributed by atoms with E-state index in [1.807, 2.05) is 12.1 Å². The minimum absolute atomic E-state index is 0.434. The molecule has 2 rings (SSSR count). The summed E-state index contributed by atoms with van der Waals surface area (Å²) in [6.45, 7) is 0.